The fraction of sp³-hybridized carbons (Fsp3) is 0.385. The van der Waals surface area contributed by atoms with E-state index >= 15 is 0 Å². The Bertz CT molecular complexity index is 516. The lowest BCUT2D eigenvalue weighted by atomic mass is 10.4. The molecular weight excluding hydrogens is 330 g/mol. The first kappa shape index (κ1) is 16.4. The predicted molar refractivity (Wildman–Crippen MR) is 79.9 cm³/mol. The molecule has 0 saturated carbocycles. The van der Waals surface area contributed by atoms with Crippen LogP contribution in [0.25, 0.3) is 0 Å². The number of benzene rings is 1. The van der Waals surface area contributed by atoms with E-state index in [1.165, 1.54) is 0 Å². The summed E-state index contributed by atoms with van der Waals surface area (Å²) >= 11 is 3.26. The first-order valence-corrected chi connectivity index (χ1v) is 8.36. The summed E-state index contributed by atoms with van der Waals surface area (Å²) < 4.78 is 25.1. The molecule has 0 radical (unpaired) electrons. The molecule has 0 aliphatic heterocycles. The van der Waals surface area contributed by atoms with E-state index in [9.17, 15) is 8.42 Å². The van der Waals surface area contributed by atoms with Crippen LogP contribution in [0, 0.1) is 0 Å². The highest BCUT2D eigenvalue weighted by atomic mass is 79.9. The molecule has 0 aromatic heterocycles. The Morgan fingerprint density at radius 2 is 2.11 bits per heavy atom. The van der Waals surface area contributed by atoms with Crippen molar-refractivity contribution in [3.63, 3.8) is 0 Å². The lowest BCUT2D eigenvalue weighted by Gasteiger charge is -2.19. The quantitative estimate of drug-likeness (QED) is 0.727. The molecule has 106 valence electrons. The highest BCUT2D eigenvalue weighted by Crippen LogP contribution is 2.17. The van der Waals surface area contributed by atoms with E-state index in [0.717, 1.165) is 4.47 Å². The molecule has 19 heavy (non-hydrogen) atoms. The average molecular weight is 348 g/mol. The van der Waals surface area contributed by atoms with Crippen molar-refractivity contribution < 1.29 is 13.5 Å². The van der Waals surface area contributed by atoms with E-state index in [2.05, 4.69) is 22.5 Å². The molecule has 0 atom stereocenters. The van der Waals surface area contributed by atoms with Crippen LogP contribution < -0.4 is 0 Å². The molecule has 6 heteroatoms. The molecule has 1 N–H and O–H groups in total. The Morgan fingerprint density at radius 3 is 2.68 bits per heavy atom. The molecule has 0 spiro atoms. The number of sulfone groups is 1. The number of halogens is 1. The maximum absolute atomic E-state index is 12.2. The molecule has 1 aromatic rings. The lowest BCUT2D eigenvalue weighted by molar-refractivity contribution is 0.215. The highest BCUT2D eigenvalue weighted by molar-refractivity contribution is 9.10. The van der Waals surface area contributed by atoms with E-state index in [0.29, 0.717) is 24.5 Å². The maximum atomic E-state index is 12.2. The standard InChI is InChI=1S/C13H18BrNO3S/c1-2-6-15(7-9-16)8-10-19(17,18)13-5-3-4-12(14)11-13/h2-5,11,16H,1,6-10H2. The SMILES string of the molecule is C=CCN(CCO)CCS(=O)(=O)c1cccc(Br)c1. The van der Waals surface area contributed by atoms with Gasteiger partial charge in [0.25, 0.3) is 0 Å². The molecule has 0 heterocycles. The fourth-order valence-corrected chi connectivity index (χ4v) is 3.52. The third-order valence-corrected chi connectivity index (χ3v) is 4.82. The molecule has 0 aliphatic rings. The van der Waals surface area contributed by atoms with E-state index in [-0.39, 0.29) is 12.4 Å². The van der Waals surface area contributed by atoms with Gasteiger partial charge in [-0.05, 0) is 18.2 Å². The smallest absolute Gasteiger partial charge is 0.179 e. The van der Waals surface area contributed by atoms with Gasteiger partial charge in [0.1, 0.15) is 0 Å². The molecule has 0 bridgehead atoms. The van der Waals surface area contributed by atoms with Crippen molar-refractivity contribution in [1.82, 2.24) is 4.90 Å². The molecule has 1 aromatic carbocycles. The molecule has 0 fully saturated rings. The van der Waals surface area contributed by atoms with Crippen LogP contribution in [0.5, 0.6) is 0 Å². The summed E-state index contributed by atoms with van der Waals surface area (Å²) in [5.41, 5.74) is 0. The topological polar surface area (TPSA) is 57.6 Å². The van der Waals surface area contributed by atoms with E-state index in [1.54, 1.807) is 30.3 Å². The van der Waals surface area contributed by atoms with Gasteiger partial charge in [-0.3, -0.25) is 4.90 Å². The third-order valence-electron chi connectivity index (χ3n) is 2.63. The number of hydrogen-bond donors (Lipinski definition) is 1. The monoisotopic (exact) mass is 347 g/mol. The minimum Gasteiger partial charge on any atom is -0.395 e. The van der Waals surface area contributed by atoms with E-state index in [4.69, 9.17) is 5.11 Å². The van der Waals surface area contributed by atoms with Gasteiger partial charge in [0.05, 0.1) is 17.3 Å². The molecule has 0 aliphatic carbocycles. The van der Waals surface area contributed by atoms with Crippen LogP contribution in [0.1, 0.15) is 0 Å². The lowest BCUT2D eigenvalue weighted by Crippen LogP contribution is -2.32. The van der Waals surface area contributed by atoms with Crippen molar-refractivity contribution in [3.8, 4) is 0 Å². The van der Waals surface area contributed by atoms with Crippen molar-refractivity contribution in [2.75, 3.05) is 32.0 Å². The summed E-state index contributed by atoms with van der Waals surface area (Å²) in [7, 11) is -3.30. The van der Waals surface area contributed by atoms with Crippen molar-refractivity contribution in [2.24, 2.45) is 0 Å². The van der Waals surface area contributed by atoms with Crippen LogP contribution in [0.3, 0.4) is 0 Å². The maximum Gasteiger partial charge on any atom is 0.179 e. The van der Waals surface area contributed by atoms with Crippen LogP contribution in [0.15, 0.2) is 46.3 Å². The third kappa shape index (κ3) is 5.44. The zero-order valence-corrected chi connectivity index (χ0v) is 13.0. The van der Waals surface area contributed by atoms with E-state index < -0.39 is 9.84 Å². The second-order valence-corrected chi connectivity index (χ2v) is 7.11. The Labute approximate surface area is 122 Å². The van der Waals surface area contributed by atoms with Crippen molar-refractivity contribution >= 4 is 25.8 Å². The van der Waals surface area contributed by atoms with Gasteiger partial charge >= 0.3 is 0 Å². The first-order valence-electron chi connectivity index (χ1n) is 5.92. The number of nitrogens with zero attached hydrogens (tertiary/aromatic N) is 1. The van der Waals surface area contributed by atoms with Crippen molar-refractivity contribution in [1.29, 1.82) is 0 Å². The van der Waals surface area contributed by atoms with Crippen LogP contribution in [0.4, 0.5) is 0 Å². The van der Waals surface area contributed by atoms with Gasteiger partial charge in [-0.1, -0.05) is 28.1 Å². The summed E-state index contributed by atoms with van der Waals surface area (Å²) in [4.78, 5) is 2.16. The first-order chi connectivity index (χ1) is 8.99. The average Bonchev–Trinajstić information content (AvgIpc) is 2.37. The van der Waals surface area contributed by atoms with Gasteiger partial charge in [0, 0.05) is 24.1 Å². The summed E-state index contributed by atoms with van der Waals surface area (Å²) in [6, 6.07) is 6.67. The summed E-state index contributed by atoms with van der Waals surface area (Å²) in [6.07, 6.45) is 1.70. The number of aliphatic hydroxyl groups excluding tert-OH is 1. The number of rotatable bonds is 8. The Balaban J connectivity index is 2.71. The number of aliphatic hydroxyl groups is 1. The normalized spacial score (nSPS) is 11.7. The largest absolute Gasteiger partial charge is 0.395 e. The zero-order chi connectivity index (χ0) is 14.3. The van der Waals surface area contributed by atoms with Gasteiger partial charge in [0.2, 0.25) is 0 Å². The fourth-order valence-electron chi connectivity index (χ4n) is 1.65. The molecule has 0 unspecified atom stereocenters. The Hall–Kier alpha value is -0.690. The molecule has 0 saturated heterocycles. The minimum absolute atomic E-state index is 0.00473. The molecule has 1 rings (SSSR count). The predicted octanol–water partition coefficient (Wildman–Crippen LogP) is 1.70. The summed E-state index contributed by atoms with van der Waals surface area (Å²) in [5, 5.41) is 8.91. The van der Waals surface area contributed by atoms with Crippen LogP contribution >= 0.6 is 15.9 Å². The summed E-state index contributed by atoms with van der Waals surface area (Å²) in [5.74, 6) is 0.0251. The van der Waals surface area contributed by atoms with Gasteiger partial charge in [0.15, 0.2) is 9.84 Å². The van der Waals surface area contributed by atoms with Crippen molar-refractivity contribution in [2.45, 2.75) is 4.90 Å². The minimum atomic E-state index is -3.30. The Morgan fingerprint density at radius 1 is 1.37 bits per heavy atom. The second-order valence-electron chi connectivity index (χ2n) is 4.09. The Kier molecular flexibility index (Phi) is 6.71. The summed E-state index contributed by atoms with van der Waals surface area (Å²) in [6.45, 7) is 5.01. The van der Waals surface area contributed by atoms with Crippen LogP contribution in [-0.4, -0.2) is 50.4 Å². The molecule has 0 amide bonds. The van der Waals surface area contributed by atoms with Crippen molar-refractivity contribution in [3.05, 3.63) is 41.4 Å². The molecular formula is C13H18BrNO3S. The number of hydrogen-bond acceptors (Lipinski definition) is 4. The van der Waals surface area contributed by atoms with Crippen LogP contribution in [0.2, 0.25) is 0 Å². The van der Waals surface area contributed by atoms with Gasteiger partial charge in [-0.15, -0.1) is 6.58 Å². The zero-order valence-electron chi connectivity index (χ0n) is 10.6. The van der Waals surface area contributed by atoms with Gasteiger partial charge < -0.3 is 5.11 Å². The highest BCUT2D eigenvalue weighted by Gasteiger charge is 2.16. The van der Waals surface area contributed by atoms with E-state index in [1.807, 2.05) is 4.90 Å². The van der Waals surface area contributed by atoms with Gasteiger partial charge in [-0.25, -0.2) is 8.42 Å². The van der Waals surface area contributed by atoms with Crippen LogP contribution in [-0.2, 0) is 9.84 Å². The molecule has 4 nitrogen and oxygen atoms in total. The van der Waals surface area contributed by atoms with Gasteiger partial charge in [-0.2, -0.15) is 0 Å². The second kappa shape index (κ2) is 7.79.